The molecule has 3 heterocycles. The monoisotopic (exact) mass is 417 g/mol. The van der Waals surface area contributed by atoms with Crippen LogP contribution in [0.1, 0.15) is 38.6 Å². The summed E-state index contributed by atoms with van der Waals surface area (Å²) in [6.07, 6.45) is 2.75. The highest BCUT2D eigenvalue weighted by molar-refractivity contribution is 7.14. The van der Waals surface area contributed by atoms with Gasteiger partial charge in [0.25, 0.3) is 5.91 Å². The number of benzene rings is 2. The van der Waals surface area contributed by atoms with E-state index in [9.17, 15) is 4.79 Å². The van der Waals surface area contributed by atoms with Crippen molar-refractivity contribution in [2.45, 2.75) is 26.0 Å². The van der Waals surface area contributed by atoms with Crippen LogP contribution in [0.2, 0.25) is 0 Å². The van der Waals surface area contributed by atoms with Crippen molar-refractivity contribution in [3.05, 3.63) is 81.8 Å². The second kappa shape index (κ2) is 7.70. The Labute approximate surface area is 179 Å². The lowest BCUT2D eigenvalue weighted by Crippen LogP contribution is -2.29. The Kier molecular flexibility index (Phi) is 4.89. The first-order valence-electron chi connectivity index (χ1n) is 10.1. The number of aromatic nitrogens is 2. The quantitative estimate of drug-likeness (QED) is 0.470. The Morgan fingerprint density at radius 3 is 2.80 bits per heavy atom. The number of para-hydroxylation sites is 2. The molecule has 1 aliphatic heterocycles. The Morgan fingerprint density at radius 1 is 1.20 bits per heavy atom. The number of nitrogens with zero attached hydrogens (tertiary/aromatic N) is 3. The molecule has 2 aromatic carbocycles. The summed E-state index contributed by atoms with van der Waals surface area (Å²) >= 11 is 1.60. The van der Waals surface area contributed by atoms with Crippen molar-refractivity contribution in [1.29, 1.82) is 0 Å². The number of ether oxygens (including phenoxy) is 1. The maximum atomic E-state index is 13.1. The lowest BCUT2D eigenvalue weighted by atomic mass is 10.1. The Balaban J connectivity index is 1.36. The maximum Gasteiger partial charge on any atom is 0.264 e. The van der Waals surface area contributed by atoms with E-state index in [1.165, 1.54) is 4.88 Å². The predicted molar refractivity (Wildman–Crippen MR) is 119 cm³/mol. The van der Waals surface area contributed by atoms with Crippen LogP contribution in [-0.4, -0.2) is 34.0 Å². The average molecular weight is 418 g/mol. The molecule has 1 amide bonds. The minimum atomic E-state index is -0.0264. The second-order valence-electron chi connectivity index (χ2n) is 7.65. The van der Waals surface area contributed by atoms with E-state index in [0.29, 0.717) is 6.61 Å². The number of carbonyl (C=O) groups is 1. The zero-order chi connectivity index (χ0) is 20.7. The minimum Gasteiger partial charge on any atom is -0.376 e. The van der Waals surface area contributed by atoms with Gasteiger partial charge >= 0.3 is 0 Å². The highest BCUT2D eigenvalue weighted by Crippen LogP contribution is 2.30. The zero-order valence-electron chi connectivity index (χ0n) is 17.0. The third-order valence-electron chi connectivity index (χ3n) is 5.85. The van der Waals surface area contributed by atoms with Gasteiger partial charge in [-0.05, 0) is 48.4 Å². The van der Waals surface area contributed by atoms with E-state index < -0.39 is 0 Å². The van der Waals surface area contributed by atoms with Gasteiger partial charge in [-0.3, -0.25) is 9.36 Å². The SMILES string of the molecule is CC(c1ccc(-n2cnc3ccccc32)cc1)N(C)C(=O)c1cc2c(s1)CCOC2. The van der Waals surface area contributed by atoms with E-state index >= 15 is 0 Å². The van der Waals surface area contributed by atoms with Crippen LogP contribution in [0.25, 0.3) is 16.7 Å². The van der Waals surface area contributed by atoms with E-state index in [2.05, 4.69) is 46.8 Å². The molecule has 1 aliphatic rings. The van der Waals surface area contributed by atoms with Gasteiger partial charge in [0, 0.05) is 24.0 Å². The fourth-order valence-electron chi connectivity index (χ4n) is 3.90. The smallest absolute Gasteiger partial charge is 0.264 e. The van der Waals surface area contributed by atoms with Crippen LogP contribution in [0.5, 0.6) is 0 Å². The van der Waals surface area contributed by atoms with Crippen LogP contribution in [-0.2, 0) is 17.8 Å². The largest absolute Gasteiger partial charge is 0.376 e. The number of rotatable bonds is 4. The van der Waals surface area contributed by atoms with Crippen LogP contribution < -0.4 is 0 Å². The van der Waals surface area contributed by atoms with Crippen molar-refractivity contribution in [2.75, 3.05) is 13.7 Å². The molecule has 0 spiro atoms. The summed E-state index contributed by atoms with van der Waals surface area (Å²) in [7, 11) is 1.87. The molecule has 0 N–H and O–H groups in total. The van der Waals surface area contributed by atoms with Crippen LogP contribution in [0.3, 0.4) is 0 Å². The van der Waals surface area contributed by atoms with Crippen molar-refractivity contribution in [1.82, 2.24) is 14.5 Å². The first-order valence-corrected chi connectivity index (χ1v) is 10.9. The van der Waals surface area contributed by atoms with Gasteiger partial charge in [-0.25, -0.2) is 4.98 Å². The predicted octanol–water partition coefficient (Wildman–Crippen LogP) is 4.99. The molecule has 1 unspecified atom stereocenters. The Morgan fingerprint density at radius 2 is 2.00 bits per heavy atom. The lowest BCUT2D eigenvalue weighted by Gasteiger charge is -2.25. The summed E-state index contributed by atoms with van der Waals surface area (Å²) in [5.74, 6) is 0.0616. The van der Waals surface area contributed by atoms with Crippen LogP contribution in [0.15, 0.2) is 60.9 Å². The molecule has 6 heteroatoms. The first kappa shape index (κ1) is 19.0. The molecule has 2 aromatic heterocycles. The van der Waals surface area contributed by atoms with Gasteiger partial charge in [0.05, 0.1) is 35.2 Å². The molecule has 152 valence electrons. The first-order chi connectivity index (χ1) is 14.6. The van der Waals surface area contributed by atoms with E-state index in [0.717, 1.165) is 45.8 Å². The van der Waals surface area contributed by atoms with Crippen LogP contribution in [0, 0.1) is 0 Å². The zero-order valence-corrected chi connectivity index (χ0v) is 17.9. The van der Waals surface area contributed by atoms with Crippen molar-refractivity contribution >= 4 is 28.3 Å². The number of imidazole rings is 1. The van der Waals surface area contributed by atoms with Gasteiger partial charge in [-0.2, -0.15) is 0 Å². The molecule has 5 rings (SSSR count). The van der Waals surface area contributed by atoms with Crippen LogP contribution >= 0.6 is 11.3 Å². The lowest BCUT2D eigenvalue weighted by molar-refractivity contribution is 0.0747. The fraction of sp³-hybridized carbons (Fsp3) is 0.250. The van der Waals surface area contributed by atoms with E-state index in [1.54, 1.807) is 11.3 Å². The summed E-state index contributed by atoms with van der Waals surface area (Å²) in [5, 5.41) is 0. The summed E-state index contributed by atoms with van der Waals surface area (Å²) in [4.78, 5) is 21.4. The van der Waals surface area contributed by atoms with Gasteiger partial charge in [0.15, 0.2) is 0 Å². The molecule has 0 saturated carbocycles. The third-order valence-corrected chi connectivity index (χ3v) is 7.07. The number of thiophene rings is 1. The highest BCUT2D eigenvalue weighted by atomic mass is 32.1. The molecule has 1 atom stereocenters. The van der Waals surface area contributed by atoms with Gasteiger partial charge in [-0.1, -0.05) is 24.3 Å². The molecule has 0 saturated heterocycles. The molecule has 0 bridgehead atoms. The summed E-state index contributed by atoms with van der Waals surface area (Å²) < 4.78 is 7.59. The number of carbonyl (C=O) groups excluding carboxylic acids is 1. The second-order valence-corrected chi connectivity index (χ2v) is 8.79. The topological polar surface area (TPSA) is 47.4 Å². The number of hydrogen-bond donors (Lipinski definition) is 0. The van der Waals surface area contributed by atoms with Gasteiger partial charge in [0.1, 0.15) is 6.33 Å². The normalized spacial score (nSPS) is 14.5. The number of amides is 1. The van der Waals surface area contributed by atoms with Crippen LogP contribution in [0.4, 0.5) is 0 Å². The molecular formula is C24H23N3O2S. The molecule has 0 fully saturated rings. The number of hydrogen-bond acceptors (Lipinski definition) is 4. The molecule has 5 nitrogen and oxygen atoms in total. The standard InChI is InChI=1S/C24H23N3O2S/c1-16(26(2)24(28)23-13-18-14-29-12-11-22(18)30-23)17-7-9-19(10-8-17)27-15-25-20-5-3-4-6-21(20)27/h3-10,13,15-16H,11-12,14H2,1-2H3. The summed E-state index contributed by atoms with van der Waals surface area (Å²) in [6.45, 7) is 3.42. The molecular weight excluding hydrogens is 394 g/mol. The van der Waals surface area contributed by atoms with Gasteiger partial charge < -0.3 is 9.64 Å². The van der Waals surface area contributed by atoms with E-state index in [1.807, 2.05) is 42.5 Å². The Hall–Kier alpha value is -2.96. The number of fused-ring (bicyclic) bond motifs is 2. The van der Waals surface area contributed by atoms with Crippen molar-refractivity contribution in [3.8, 4) is 5.69 Å². The molecule has 4 aromatic rings. The minimum absolute atomic E-state index is 0.0264. The van der Waals surface area contributed by atoms with Gasteiger partial charge in [-0.15, -0.1) is 11.3 Å². The molecule has 0 radical (unpaired) electrons. The van der Waals surface area contributed by atoms with E-state index in [-0.39, 0.29) is 11.9 Å². The molecule has 0 aliphatic carbocycles. The fourth-order valence-corrected chi connectivity index (χ4v) is 5.04. The maximum absolute atomic E-state index is 13.1. The van der Waals surface area contributed by atoms with Gasteiger partial charge in [0.2, 0.25) is 0 Å². The molecule has 30 heavy (non-hydrogen) atoms. The van der Waals surface area contributed by atoms with Crippen molar-refractivity contribution in [2.24, 2.45) is 0 Å². The van der Waals surface area contributed by atoms with E-state index in [4.69, 9.17) is 4.74 Å². The third kappa shape index (κ3) is 3.32. The summed E-state index contributed by atoms with van der Waals surface area (Å²) in [6, 6.07) is 18.4. The van der Waals surface area contributed by atoms with Crippen molar-refractivity contribution < 1.29 is 9.53 Å². The average Bonchev–Trinajstić information content (AvgIpc) is 3.42. The Bertz CT molecular complexity index is 1190. The summed E-state index contributed by atoms with van der Waals surface area (Å²) in [5.41, 5.74) is 5.37. The van der Waals surface area contributed by atoms with Crippen molar-refractivity contribution in [3.63, 3.8) is 0 Å². The highest BCUT2D eigenvalue weighted by Gasteiger charge is 2.23.